The van der Waals surface area contributed by atoms with Crippen molar-refractivity contribution in [3.8, 4) is 0 Å². The Morgan fingerprint density at radius 3 is 2.43 bits per heavy atom. The van der Waals surface area contributed by atoms with E-state index < -0.39 is 16.2 Å². The lowest BCUT2D eigenvalue weighted by atomic mass is 10.2. The van der Waals surface area contributed by atoms with Crippen LogP contribution in [0.2, 0.25) is 0 Å². The molecule has 0 amide bonds. The molecule has 0 saturated heterocycles. The summed E-state index contributed by atoms with van der Waals surface area (Å²) in [5.74, 6) is 0. The standard InChI is InChI=1S/C8H12N2O3S/c1-6-8(10-5-4-9-6)7(2)13-14(3,11)12/h4-5,7H,1-3H3. The Morgan fingerprint density at radius 2 is 1.93 bits per heavy atom. The minimum atomic E-state index is -3.46. The highest BCUT2D eigenvalue weighted by Crippen LogP contribution is 2.17. The van der Waals surface area contributed by atoms with Gasteiger partial charge in [0.1, 0.15) is 6.10 Å². The molecule has 6 heteroatoms. The summed E-state index contributed by atoms with van der Waals surface area (Å²) in [4.78, 5) is 8.00. The smallest absolute Gasteiger partial charge is 0.261 e. The maximum absolute atomic E-state index is 10.9. The van der Waals surface area contributed by atoms with Gasteiger partial charge in [-0.2, -0.15) is 8.42 Å². The minimum Gasteiger partial charge on any atom is -0.261 e. The molecule has 78 valence electrons. The van der Waals surface area contributed by atoms with Crippen molar-refractivity contribution >= 4 is 10.1 Å². The summed E-state index contributed by atoms with van der Waals surface area (Å²) >= 11 is 0. The molecule has 0 aliphatic carbocycles. The van der Waals surface area contributed by atoms with Crippen molar-refractivity contribution in [2.45, 2.75) is 20.0 Å². The van der Waals surface area contributed by atoms with E-state index in [4.69, 9.17) is 4.18 Å². The van der Waals surface area contributed by atoms with Crippen LogP contribution in [-0.2, 0) is 14.3 Å². The predicted octanol–water partition coefficient (Wildman–Crippen LogP) is 0.822. The lowest BCUT2D eigenvalue weighted by Crippen LogP contribution is -2.10. The number of aryl methyl sites for hydroxylation is 1. The van der Waals surface area contributed by atoms with E-state index in [9.17, 15) is 8.42 Å². The van der Waals surface area contributed by atoms with Crippen molar-refractivity contribution in [1.29, 1.82) is 0 Å². The summed E-state index contributed by atoms with van der Waals surface area (Å²) < 4.78 is 26.5. The molecule has 1 unspecified atom stereocenters. The zero-order valence-corrected chi connectivity index (χ0v) is 9.08. The van der Waals surface area contributed by atoms with Crippen molar-refractivity contribution in [3.05, 3.63) is 23.8 Å². The average Bonchev–Trinajstić information content (AvgIpc) is 2.01. The van der Waals surface area contributed by atoms with Crippen LogP contribution in [-0.4, -0.2) is 24.6 Å². The Morgan fingerprint density at radius 1 is 1.36 bits per heavy atom. The lowest BCUT2D eigenvalue weighted by molar-refractivity contribution is 0.230. The summed E-state index contributed by atoms with van der Waals surface area (Å²) in [7, 11) is -3.46. The molecule has 0 aliphatic rings. The van der Waals surface area contributed by atoms with Crippen LogP contribution >= 0.6 is 0 Å². The highest BCUT2D eigenvalue weighted by molar-refractivity contribution is 7.86. The van der Waals surface area contributed by atoms with E-state index in [1.54, 1.807) is 20.0 Å². The highest BCUT2D eigenvalue weighted by atomic mass is 32.2. The maximum atomic E-state index is 10.9. The van der Waals surface area contributed by atoms with Gasteiger partial charge < -0.3 is 0 Å². The molecule has 1 rings (SSSR count). The fourth-order valence-corrected chi connectivity index (χ4v) is 1.74. The molecule has 0 bridgehead atoms. The van der Waals surface area contributed by atoms with Crippen molar-refractivity contribution in [1.82, 2.24) is 9.97 Å². The van der Waals surface area contributed by atoms with Crippen LogP contribution in [0, 0.1) is 6.92 Å². The van der Waals surface area contributed by atoms with E-state index in [0.717, 1.165) is 6.26 Å². The first-order chi connectivity index (χ1) is 6.40. The molecule has 5 nitrogen and oxygen atoms in total. The molecule has 0 aromatic carbocycles. The Hall–Kier alpha value is -1.01. The number of aromatic nitrogens is 2. The number of rotatable bonds is 3. The van der Waals surface area contributed by atoms with Gasteiger partial charge in [-0.05, 0) is 13.8 Å². The fraction of sp³-hybridized carbons (Fsp3) is 0.500. The third kappa shape index (κ3) is 3.04. The van der Waals surface area contributed by atoms with Gasteiger partial charge >= 0.3 is 0 Å². The molecule has 0 spiro atoms. The first-order valence-corrected chi connectivity index (χ1v) is 5.87. The van der Waals surface area contributed by atoms with Gasteiger partial charge in [-0.1, -0.05) is 0 Å². The van der Waals surface area contributed by atoms with Gasteiger partial charge in [-0.3, -0.25) is 14.2 Å². The van der Waals surface area contributed by atoms with E-state index in [2.05, 4.69) is 9.97 Å². The van der Waals surface area contributed by atoms with Gasteiger partial charge in [0.15, 0.2) is 0 Å². The number of hydrogen-bond donors (Lipinski definition) is 0. The summed E-state index contributed by atoms with van der Waals surface area (Å²) in [6.07, 6.45) is 3.46. The topological polar surface area (TPSA) is 69.2 Å². The van der Waals surface area contributed by atoms with Gasteiger partial charge in [-0.15, -0.1) is 0 Å². The second-order valence-corrected chi connectivity index (χ2v) is 4.57. The normalized spacial score (nSPS) is 13.9. The minimum absolute atomic E-state index is 0.540. The fourth-order valence-electron chi connectivity index (χ4n) is 1.13. The van der Waals surface area contributed by atoms with E-state index in [-0.39, 0.29) is 0 Å². The third-order valence-electron chi connectivity index (χ3n) is 1.62. The Balaban J connectivity index is 2.90. The highest BCUT2D eigenvalue weighted by Gasteiger charge is 2.15. The molecule has 1 aromatic heterocycles. The summed E-state index contributed by atoms with van der Waals surface area (Å²) in [5.41, 5.74) is 1.21. The molecule has 14 heavy (non-hydrogen) atoms. The van der Waals surface area contributed by atoms with E-state index in [1.807, 2.05) is 0 Å². The lowest BCUT2D eigenvalue weighted by Gasteiger charge is -2.11. The summed E-state index contributed by atoms with van der Waals surface area (Å²) in [5, 5.41) is 0. The van der Waals surface area contributed by atoms with Gasteiger partial charge in [-0.25, -0.2) is 0 Å². The van der Waals surface area contributed by atoms with E-state index in [1.165, 1.54) is 6.20 Å². The van der Waals surface area contributed by atoms with Crippen LogP contribution in [0.3, 0.4) is 0 Å². The third-order valence-corrected chi connectivity index (χ3v) is 2.26. The van der Waals surface area contributed by atoms with Crippen LogP contribution in [0.5, 0.6) is 0 Å². The number of nitrogens with zero attached hydrogens (tertiary/aromatic N) is 2. The molecule has 1 heterocycles. The van der Waals surface area contributed by atoms with Crippen LogP contribution < -0.4 is 0 Å². The van der Waals surface area contributed by atoms with Crippen LogP contribution in [0.4, 0.5) is 0 Å². The van der Waals surface area contributed by atoms with Crippen molar-refractivity contribution in [2.75, 3.05) is 6.26 Å². The molecule has 0 radical (unpaired) electrons. The molecule has 0 aliphatic heterocycles. The second-order valence-electron chi connectivity index (χ2n) is 2.97. The molecular weight excluding hydrogens is 204 g/mol. The van der Waals surface area contributed by atoms with E-state index in [0.29, 0.717) is 11.4 Å². The summed E-state index contributed by atoms with van der Waals surface area (Å²) in [6.45, 7) is 3.38. The monoisotopic (exact) mass is 216 g/mol. The molecule has 0 saturated carbocycles. The SMILES string of the molecule is Cc1nccnc1C(C)OS(C)(=O)=O. The van der Waals surface area contributed by atoms with Crippen LogP contribution in [0.1, 0.15) is 24.4 Å². The van der Waals surface area contributed by atoms with Crippen molar-refractivity contribution < 1.29 is 12.6 Å². The quantitative estimate of drug-likeness (QED) is 0.700. The first kappa shape index (κ1) is 11.1. The zero-order valence-electron chi connectivity index (χ0n) is 8.26. The second kappa shape index (κ2) is 4.02. The number of hydrogen-bond acceptors (Lipinski definition) is 5. The zero-order chi connectivity index (χ0) is 10.8. The molecule has 1 atom stereocenters. The van der Waals surface area contributed by atoms with Gasteiger partial charge in [0.05, 0.1) is 17.6 Å². The molecule has 0 N–H and O–H groups in total. The van der Waals surface area contributed by atoms with E-state index >= 15 is 0 Å². The Labute approximate surface area is 83.3 Å². The largest absolute Gasteiger partial charge is 0.265 e. The molecular formula is C8H12N2O3S. The van der Waals surface area contributed by atoms with Gasteiger partial charge in [0, 0.05) is 12.4 Å². The van der Waals surface area contributed by atoms with Crippen LogP contribution in [0.15, 0.2) is 12.4 Å². The maximum Gasteiger partial charge on any atom is 0.265 e. The Kier molecular flexibility index (Phi) is 3.17. The Bertz CT molecular complexity index is 416. The van der Waals surface area contributed by atoms with Crippen molar-refractivity contribution in [2.24, 2.45) is 0 Å². The predicted molar refractivity (Wildman–Crippen MR) is 51.1 cm³/mol. The molecule has 1 aromatic rings. The first-order valence-electron chi connectivity index (χ1n) is 4.06. The van der Waals surface area contributed by atoms with Gasteiger partial charge in [0.2, 0.25) is 0 Å². The molecule has 0 fully saturated rings. The van der Waals surface area contributed by atoms with Gasteiger partial charge in [0.25, 0.3) is 10.1 Å². The van der Waals surface area contributed by atoms with Crippen molar-refractivity contribution in [3.63, 3.8) is 0 Å². The average molecular weight is 216 g/mol. The summed E-state index contributed by atoms with van der Waals surface area (Å²) in [6, 6.07) is 0. The van der Waals surface area contributed by atoms with Crippen LogP contribution in [0.25, 0.3) is 0 Å².